The minimum Gasteiger partial charge on any atom is -0.344 e. The third-order valence-electron chi connectivity index (χ3n) is 2.47. The second-order valence-electron chi connectivity index (χ2n) is 3.92. The minimum absolute atomic E-state index is 0.468. The summed E-state index contributed by atoms with van der Waals surface area (Å²) in [7, 11) is 2.02. The normalized spacial score (nSPS) is 12.5. The average Bonchev–Trinajstić information content (AvgIpc) is 2.29. The van der Waals surface area contributed by atoms with Crippen LogP contribution < -0.4 is 4.90 Å². The fourth-order valence-corrected chi connectivity index (χ4v) is 1.43. The fourth-order valence-electron chi connectivity index (χ4n) is 1.29. The lowest BCUT2D eigenvalue weighted by molar-refractivity contribution is 0.555. The molecule has 0 bridgehead atoms. The zero-order valence-electron chi connectivity index (χ0n) is 9.57. The van der Waals surface area contributed by atoms with Crippen LogP contribution in [0.25, 0.3) is 0 Å². The van der Waals surface area contributed by atoms with Gasteiger partial charge in [-0.25, -0.2) is 9.97 Å². The Morgan fingerprint density at radius 3 is 2.47 bits per heavy atom. The Morgan fingerprint density at radius 1 is 1.40 bits per heavy atom. The maximum absolute atomic E-state index is 5.67. The van der Waals surface area contributed by atoms with Crippen molar-refractivity contribution < 1.29 is 0 Å². The molecular formula is C11H18ClN3. The highest BCUT2D eigenvalue weighted by Gasteiger charge is 2.07. The van der Waals surface area contributed by atoms with E-state index < -0.39 is 0 Å². The molecule has 0 aliphatic rings. The predicted molar refractivity (Wildman–Crippen MR) is 64.3 cm³/mol. The highest BCUT2D eigenvalue weighted by molar-refractivity contribution is 6.17. The molecule has 1 aromatic rings. The Morgan fingerprint density at radius 2 is 2.00 bits per heavy atom. The van der Waals surface area contributed by atoms with Crippen molar-refractivity contribution in [2.45, 2.75) is 26.1 Å². The van der Waals surface area contributed by atoms with Crippen LogP contribution in [-0.4, -0.2) is 23.6 Å². The first-order chi connectivity index (χ1) is 7.17. The van der Waals surface area contributed by atoms with Crippen LogP contribution in [0.2, 0.25) is 0 Å². The second kappa shape index (κ2) is 5.91. The van der Waals surface area contributed by atoms with Gasteiger partial charge in [-0.15, -0.1) is 11.6 Å². The largest absolute Gasteiger partial charge is 0.344 e. The lowest BCUT2D eigenvalue weighted by Crippen LogP contribution is -2.25. The number of hydrogen-bond acceptors (Lipinski definition) is 3. The highest BCUT2D eigenvalue weighted by atomic mass is 35.5. The molecule has 1 aromatic heterocycles. The molecule has 84 valence electrons. The van der Waals surface area contributed by atoms with Crippen LogP contribution in [0.4, 0.5) is 5.95 Å². The quantitative estimate of drug-likeness (QED) is 0.725. The summed E-state index contributed by atoms with van der Waals surface area (Å²) in [5.74, 6) is 1.89. The van der Waals surface area contributed by atoms with Gasteiger partial charge in [0.2, 0.25) is 5.95 Å². The first-order valence-electron chi connectivity index (χ1n) is 5.25. The molecule has 0 aliphatic heterocycles. The first-order valence-corrected chi connectivity index (χ1v) is 5.78. The van der Waals surface area contributed by atoms with E-state index in [1.54, 1.807) is 12.4 Å². The van der Waals surface area contributed by atoms with Crippen LogP contribution >= 0.6 is 11.6 Å². The van der Waals surface area contributed by atoms with Gasteiger partial charge in [0.05, 0.1) is 5.88 Å². The van der Waals surface area contributed by atoms with E-state index in [1.807, 2.05) is 7.05 Å². The van der Waals surface area contributed by atoms with Crippen molar-refractivity contribution in [1.82, 2.24) is 9.97 Å². The summed E-state index contributed by atoms with van der Waals surface area (Å²) in [4.78, 5) is 10.6. The highest BCUT2D eigenvalue weighted by Crippen LogP contribution is 2.10. The summed E-state index contributed by atoms with van der Waals surface area (Å²) < 4.78 is 0. The van der Waals surface area contributed by atoms with Crippen LogP contribution in [0, 0.1) is 5.92 Å². The van der Waals surface area contributed by atoms with E-state index >= 15 is 0 Å². The Kier molecular flexibility index (Phi) is 4.82. The Hall–Kier alpha value is -0.830. The molecule has 0 saturated heterocycles. The van der Waals surface area contributed by atoms with Crippen LogP contribution in [0.5, 0.6) is 0 Å². The Bertz CT molecular complexity index is 286. The predicted octanol–water partition coefficient (Wildman–Crippen LogP) is 2.70. The van der Waals surface area contributed by atoms with Crippen LogP contribution in [0.3, 0.4) is 0 Å². The standard InChI is InChI=1S/C11H18ClN3/c1-4-9(2)8-15(3)11-13-6-10(5-12)7-14-11/h6-7,9H,4-5,8H2,1-3H3. The fraction of sp³-hybridized carbons (Fsp3) is 0.636. The van der Waals surface area contributed by atoms with Gasteiger partial charge in [-0.2, -0.15) is 0 Å². The van der Waals surface area contributed by atoms with Crippen molar-refractivity contribution in [3.63, 3.8) is 0 Å². The molecule has 0 saturated carbocycles. The minimum atomic E-state index is 0.468. The zero-order valence-corrected chi connectivity index (χ0v) is 10.3. The van der Waals surface area contributed by atoms with E-state index in [0.29, 0.717) is 11.8 Å². The van der Waals surface area contributed by atoms with Gasteiger partial charge in [-0.05, 0) is 5.92 Å². The maximum Gasteiger partial charge on any atom is 0.225 e. The SMILES string of the molecule is CCC(C)CN(C)c1ncc(CCl)cn1. The first kappa shape index (κ1) is 12.2. The molecule has 4 heteroatoms. The number of anilines is 1. The number of hydrogen-bond donors (Lipinski definition) is 0. The van der Waals surface area contributed by atoms with Crippen molar-refractivity contribution in [3.8, 4) is 0 Å². The molecule has 1 heterocycles. The van der Waals surface area contributed by atoms with Crippen LogP contribution in [0.15, 0.2) is 12.4 Å². The summed E-state index contributed by atoms with van der Waals surface area (Å²) in [6.07, 6.45) is 4.73. The van der Waals surface area contributed by atoms with Gasteiger partial charge in [0.15, 0.2) is 0 Å². The van der Waals surface area contributed by atoms with Gasteiger partial charge in [-0.1, -0.05) is 20.3 Å². The molecule has 1 unspecified atom stereocenters. The van der Waals surface area contributed by atoms with E-state index in [9.17, 15) is 0 Å². The number of alkyl halides is 1. The van der Waals surface area contributed by atoms with E-state index in [2.05, 4.69) is 28.7 Å². The summed E-state index contributed by atoms with van der Waals surface area (Å²) >= 11 is 5.67. The summed E-state index contributed by atoms with van der Waals surface area (Å²) in [5, 5.41) is 0. The van der Waals surface area contributed by atoms with Crippen molar-refractivity contribution in [2.75, 3.05) is 18.5 Å². The van der Waals surface area contributed by atoms with Gasteiger partial charge < -0.3 is 4.90 Å². The van der Waals surface area contributed by atoms with Crippen molar-refractivity contribution in [3.05, 3.63) is 18.0 Å². The lowest BCUT2D eigenvalue weighted by atomic mass is 10.1. The van der Waals surface area contributed by atoms with Gasteiger partial charge in [0, 0.05) is 31.5 Å². The molecule has 0 radical (unpaired) electrons. The van der Waals surface area contributed by atoms with Gasteiger partial charge in [-0.3, -0.25) is 0 Å². The molecule has 0 fully saturated rings. The number of aromatic nitrogens is 2. The number of nitrogens with zero attached hydrogens (tertiary/aromatic N) is 3. The number of rotatable bonds is 5. The number of halogens is 1. The van der Waals surface area contributed by atoms with Crippen molar-refractivity contribution in [1.29, 1.82) is 0 Å². The molecule has 0 N–H and O–H groups in total. The van der Waals surface area contributed by atoms with Crippen LogP contribution in [0.1, 0.15) is 25.8 Å². The van der Waals surface area contributed by atoms with Crippen molar-refractivity contribution >= 4 is 17.5 Å². The average molecular weight is 228 g/mol. The third-order valence-corrected chi connectivity index (χ3v) is 2.78. The van der Waals surface area contributed by atoms with E-state index in [0.717, 1.165) is 18.1 Å². The monoisotopic (exact) mass is 227 g/mol. The van der Waals surface area contributed by atoms with E-state index in [4.69, 9.17) is 11.6 Å². The van der Waals surface area contributed by atoms with Gasteiger partial charge >= 0.3 is 0 Å². The lowest BCUT2D eigenvalue weighted by Gasteiger charge is -2.20. The molecule has 0 amide bonds. The maximum atomic E-state index is 5.67. The smallest absolute Gasteiger partial charge is 0.225 e. The molecular weight excluding hydrogens is 210 g/mol. The molecule has 0 aliphatic carbocycles. The Balaban J connectivity index is 2.61. The Labute approximate surface area is 96.5 Å². The summed E-state index contributed by atoms with van der Waals surface area (Å²) in [6.45, 7) is 5.40. The third kappa shape index (κ3) is 3.67. The molecule has 1 atom stereocenters. The zero-order chi connectivity index (χ0) is 11.3. The molecule has 0 spiro atoms. The molecule has 0 aromatic carbocycles. The second-order valence-corrected chi connectivity index (χ2v) is 4.19. The molecule has 1 rings (SSSR count). The van der Waals surface area contributed by atoms with Gasteiger partial charge in [0.1, 0.15) is 0 Å². The van der Waals surface area contributed by atoms with Crippen LogP contribution in [-0.2, 0) is 5.88 Å². The molecule has 3 nitrogen and oxygen atoms in total. The topological polar surface area (TPSA) is 29.0 Å². The van der Waals surface area contributed by atoms with E-state index in [1.165, 1.54) is 6.42 Å². The summed E-state index contributed by atoms with van der Waals surface area (Å²) in [6, 6.07) is 0. The van der Waals surface area contributed by atoms with Gasteiger partial charge in [0.25, 0.3) is 0 Å². The summed E-state index contributed by atoms with van der Waals surface area (Å²) in [5.41, 5.74) is 0.956. The molecule has 15 heavy (non-hydrogen) atoms. The van der Waals surface area contributed by atoms with E-state index in [-0.39, 0.29) is 0 Å². The van der Waals surface area contributed by atoms with Crippen molar-refractivity contribution in [2.24, 2.45) is 5.92 Å².